The lowest BCUT2D eigenvalue weighted by molar-refractivity contribution is -0.139. The Hall–Kier alpha value is -3.30. The Bertz CT molecular complexity index is 1070. The van der Waals surface area contributed by atoms with Crippen molar-refractivity contribution in [3.63, 3.8) is 0 Å². The van der Waals surface area contributed by atoms with Crippen LogP contribution in [0.2, 0.25) is 0 Å². The fourth-order valence-corrected chi connectivity index (χ4v) is 4.18. The van der Waals surface area contributed by atoms with Crippen LogP contribution in [0.5, 0.6) is 5.75 Å². The maximum atomic E-state index is 13.9. The highest BCUT2D eigenvalue weighted by atomic mass is 19.4. The number of carbonyl (C=O) groups excluding carboxylic acids is 1. The quantitative estimate of drug-likeness (QED) is 0.613. The van der Waals surface area contributed by atoms with Crippen molar-refractivity contribution in [1.82, 2.24) is 15.2 Å². The Labute approximate surface area is 189 Å². The zero-order chi connectivity index (χ0) is 24.6. The first-order valence-electron chi connectivity index (χ1n) is 10.4. The third kappa shape index (κ3) is 5.37. The smallest absolute Gasteiger partial charge is 0.419 e. The molecule has 1 aromatic carbocycles. The van der Waals surface area contributed by atoms with E-state index in [0.717, 1.165) is 6.07 Å². The van der Waals surface area contributed by atoms with E-state index in [0.29, 0.717) is 24.2 Å². The molecule has 0 aliphatic carbocycles. The minimum absolute atomic E-state index is 0.0827. The van der Waals surface area contributed by atoms with Crippen LogP contribution in [0, 0.1) is 5.92 Å². The number of benzene rings is 1. The van der Waals surface area contributed by atoms with Crippen molar-refractivity contribution < 1.29 is 32.6 Å². The fourth-order valence-electron chi connectivity index (χ4n) is 4.18. The maximum Gasteiger partial charge on any atom is 0.419 e. The number of hydrogen-bond donors (Lipinski definition) is 2. The molecule has 3 rings (SSSR count). The Balaban J connectivity index is 1.98. The van der Waals surface area contributed by atoms with Gasteiger partial charge in [0.2, 0.25) is 0 Å². The number of carbonyl (C=O) groups is 2. The largest absolute Gasteiger partial charge is 0.491 e. The molecule has 2 heterocycles. The van der Waals surface area contributed by atoms with E-state index >= 15 is 0 Å². The van der Waals surface area contributed by atoms with Crippen molar-refractivity contribution in [3.8, 4) is 16.9 Å². The number of alkyl halides is 3. The summed E-state index contributed by atoms with van der Waals surface area (Å²) in [5.41, 5.74) is -0.708. The number of fused-ring (bicyclic) bond motifs is 1. The van der Waals surface area contributed by atoms with E-state index in [1.165, 1.54) is 29.3 Å². The summed E-state index contributed by atoms with van der Waals surface area (Å²) in [6.07, 6.45) is -4.17. The molecule has 178 valence electrons. The second kappa shape index (κ2) is 8.92. The average Bonchev–Trinajstić information content (AvgIpc) is 2.98. The molecular weight excluding hydrogens is 439 g/mol. The first kappa shape index (κ1) is 24.3. The molecule has 1 aliphatic heterocycles. The third-order valence-electron chi connectivity index (χ3n) is 5.39. The van der Waals surface area contributed by atoms with Gasteiger partial charge in [0.25, 0.3) is 5.91 Å². The molecule has 1 atom stereocenters. The van der Waals surface area contributed by atoms with Gasteiger partial charge in [-0.2, -0.15) is 13.2 Å². The van der Waals surface area contributed by atoms with E-state index < -0.39 is 29.1 Å². The molecule has 0 bridgehead atoms. The van der Waals surface area contributed by atoms with Crippen LogP contribution in [0.4, 0.5) is 18.0 Å². The van der Waals surface area contributed by atoms with Gasteiger partial charge in [0.1, 0.15) is 12.4 Å². The van der Waals surface area contributed by atoms with Gasteiger partial charge in [-0.05, 0) is 48.6 Å². The van der Waals surface area contributed by atoms with E-state index in [9.17, 15) is 22.8 Å². The van der Waals surface area contributed by atoms with Gasteiger partial charge >= 0.3 is 12.3 Å². The maximum absolute atomic E-state index is 13.9. The Kier molecular flexibility index (Phi) is 6.58. The number of aromatic nitrogens is 1. The number of ether oxygens (including phenoxy) is 1. The number of pyridine rings is 1. The summed E-state index contributed by atoms with van der Waals surface area (Å²) < 4.78 is 47.3. The Morgan fingerprint density at radius 1 is 1.30 bits per heavy atom. The van der Waals surface area contributed by atoms with E-state index in [4.69, 9.17) is 9.84 Å². The van der Waals surface area contributed by atoms with Crippen LogP contribution in [0.15, 0.2) is 30.5 Å². The molecule has 7 nitrogen and oxygen atoms in total. The lowest BCUT2D eigenvalue weighted by atomic mass is 9.91. The molecule has 0 radical (unpaired) electrons. The zero-order valence-corrected chi connectivity index (χ0v) is 18.8. The van der Waals surface area contributed by atoms with Crippen molar-refractivity contribution >= 4 is 12.0 Å². The van der Waals surface area contributed by atoms with Gasteiger partial charge in [-0.1, -0.05) is 19.9 Å². The van der Waals surface area contributed by atoms with Crippen molar-refractivity contribution in [2.45, 2.75) is 45.5 Å². The Morgan fingerprint density at radius 3 is 2.61 bits per heavy atom. The molecule has 2 N–H and O–H groups in total. The molecule has 0 saturated heterocycles. The standard InChI is InChI=1S/C23H26F3N3O4/c1-13(2)10-22(3,28-21(31)32)12-33-18-6-5-14(9-16(18)23(24,25)26)15-7-8-27-17-11-29(4)20(30)19(15)17/h5-9,13,28H,10-12H2,1-4H3,(H,31,32). The predicted octanol–water partition coefficient (Wildman–Crippen LogP) is 4.80. The van der Waals surface area contributed by atoms with Crippen molar-refractivity contribution in [2.24, 2.45) is 5.92 Å². The summed E-state index contributed by atoms with van der Waals surface area (Å²) in [7, 11) is 1.60. The molecule has 33 heavy (non-hydrogen) atoms. The van der Waals surface area contributed by atoms with Gasteiger partial charge in [-0.25, -0.2) is 4.79 Å². The van der Waals surface area contributed by atoms with E-state index in [1.54, 1.807) is 14.0 Å². The van der Waals surface area contributed by atoms with E-state index in [2.05, 4.69) is 10.3 Å². The SMILES string of the molecule is CC(C)CC(C)(COc1ccc(-c2ccnc3c2C(=O)N(C)C3)cc1C(F)(F)F)NC(=O)O. The Morgan fingerprint density at radius 2 is 2.00 bits per heavy atom. The van der Waals surface area contributed by atoms with Gasteiger partial charge in [0, 0.05) is 13.2 Å². The normalized spacial score (nSPS) is 15.4. The lowest BCUT2D eigenvalue weighted by Crippen LogP contribution is -2.50. The molecule has 1 aromatic heterocycles. The highest BCUT2D eigenvalue weighted by Crippen LogP contribution is 2.40. The summed E-state index contributed by atoms with van der Waals surface area (Å²) in [6, 6.07) is 5.12. The van der Waals surface area contributed by atoms with Crippen molar-refractivity contribution in [3.05, 3.63) is 47.3 Å². The molecule has 2 amide bonds. The van der Waals surface area contributed by atoms with Crippen LogP contribution in [-0.2, 0) is 12.7 Å². The summed E-state index contributed by atoms with van der Waals surface area (Å²) in [6.45, 7) is 5.35. The van der Waals surface area contributed by atoms with Crippen molar-refractivity contribution in [2.75, 3.05) is 13.7 Å². The number of rotatable bonds is 7. The first-order valence-corrected chi connectivity index (χ1v) is 10.4. The van der Waals surface area contributed by atoms with Gasteiger partial charge in [0.05, 0.1) is 28.9 Å². The van der Waals surface area contributed by atoms with Crippen LogP contribution in [-0.4, -0.2) is 46.2 Å². The summed E-state index contributed by atoms with van der Waals surface area (Å²) in [5, 5.41) is 11.5. The number of amides is 2. The van der Waals surface area contributed by atoms with Gasteiger partial charge in [-0.15, -0.1) is 0 Å². The second-order valence-corrected chi connectivity index (χ2v) is 8.93. The average molecular weight is 465 g/mol. The number of carboxylic acid groups (broad SMARTS) is 1. The second-order valence-electron chi connectivity index (χ2n) is 8.93. The number of halogens is 3. The van der Waals surface area contributed by atoms with E-state index in [1.807, 2.05) is 13.8 Å². The van der Waals surface area contributed by atoms with Crippen LogP contribution < -0.4 is 10.1 Å². The fraction of sp³-hybridized carbons (Fsp3) is 0.435. The van der Waals surface area contributed by atoms with Crippen molar-refractivity contribution in [1.29, 1.82) is 0 Å². The highest BCUT2D eigenvalue weighted by molar-refractivity contribution is 6.03. The highest BCUT2D eigenvalue weighted by Gasteiger charge is 2.37. The summed E-state index contributed by atoms with van der Waals surface area (Å²) >= 11 is 0. The van der Waals surface area contributed by atoms with E-state index in [-0.39, 0.29) is 29.6 Å². The number of nitrogens with zero attached hydrogens (tertiary/aromatic N) is 2. The molecule has 0 saturated carbocycles. The molecule has 10 heteroatoms. The van der Waals surface area contributed by atoms with Gasteiger partial charge in [0.15, 0.2) is 0 Å². The molecule has 0 fully saturated rings. The third-order valence-corrected chi connectivity index (χ3v) is 5.39. The van der Waals surface area contributed by atoms with Gasteiger partial charge < -0.3 is 20.1 Å². The number of hydrogen-bond acceptors (Lipinski definition) is 4. The topological polar surface area (TPSA) is 91.8 Å². The minimum atomic E-state index is -4.73. The van der Waals surface area contributed by atoms with Crippen LogP contribution in [0.1, 0.15) is 48.8 Å². The molecular formula is C23H26F3N3O4. The number of nitrogens with one attached hydrogen (secondary N) is 1. The zero-order valence-electron chi connectivity index (χ0n) is 18.8. The molecule has 1 aliphatic rings. The van der Waals surface area contributed by atoms with Crippen LogP contribution in [0.3, 0.4) is 0 Å². The molecule has 2 aromatic rings. The summed E-state index contributed by atoms with van der Waals surface area (Å²) in [5.74, 6) is -0.631. The van der Waals surface area contributed by atoms with Crippen LogP contribution in [0.25, 0.3) is 11.1 Å². The monoisotopic (exact) mass is 465 g/mol. The predicted molar refractivity (Wildman–Crippen MR) is 115 cm³/mol. The molecule has 1 unspecified atom stereocenters. The van der Waals surface area contributed by atoms with Crippen LogP contribution >= 0.6 is 0 Å². The first-order chi connectivity index (χ1) is 15.3. The minimum Gasteiger partial charge on any atom is -0.491 e. The molecule has 0 spiro atoms. The lowest BCUT2D eigenvalue weighted by Gasteiger charge is -2.31. The summed E-state index contributed by atoms with van der Waals surface area (Å²) in [4.78, 5) is 29.3. The van der Waals surface area contributed by atoms with Gasteiger partial charge in [-0.3, -0.25) is 9.78 Å².